The Bertz CT molecular complexity index is 658. The Balaban J connectivity index is 2.12. The summed E-state index contributed by atoms with van der Waals surface area (Å²) >= 11 is 0. The van der Waals surface area contributed by atoms with Gasteiger partial charge in [-0.25, -0.2) is 13.8 Å². The van der Waals surface area contributed by atoms with E-state index in [1.165, 1.54) is 12.8 Å². The fourth-order valence-corrected chi connectivity index (χ4v) is 3.19. The lowest BCUT2D eigenvalue weighted by atomic mass is 10.1. The smallest absolute Gasteiger partial charge is 0.132 e. The van der Waals surface area contributed by atoms with E-state index in [0.717, 1.165) is 36.9 Å². The second kappa shape index (κ2) is 5.47. The summed E-state index contributed by atoms with van der Waals surface area (Å²) in [4.78, 5) is 4.57. The van der Waals surface area contributed by atoms with Gasteiger partial charge in [0.2, 0.25) is 0 Å². The molecule has 0 atom stereocenters. The summed E-state index contributed by atoms with van der Waals surface area (Å²) in [5.41, 5.74) is 6.64. The van der Waals surface area contributed by atoms with Gasteiger partial charge < -0.3 is 10.3 Å². The Morgan fingerprint density at radius 3 is 2.67 bits per heavy atom. The van der Waals surface area contributed by atoms with Gasteiger partial charge in [-0.15, -0.1) is 0 Å². The molecule has 0 unspecified atom stereocenters. The molecule has 0 spiro atoms. The van der Waals surface area contributed by atoms with Crippen molar-refractivity contribution in [2.45, 2.75) is 45.1 Å². The molecule has 112 valence electrons. The molecule has 0 aliphatic heterocycles. The Hall–Kier alpha value is -1.91. The van der Waals surface area contributed by atoms with E-state index in [2.05, 4.69) is 4.98 Å². The van der Waals surface area contributed by atoms with Crippen LogP contribution < -0.4 is 5.73 Å². The number of nitrogens with two attached hydrogens (primary N) is 1. The molecule has 0 amide bonds. The summed E-state index contributed by atoms with van der Waals surface area (Å²) in [7, 11) is 0. The van der Waals surface area contributed by atoms with Crippen LogP contribution in [0.2, 0.25) is 0 Å². The molecule has 1 saturated carbocycles. The number of benzene rings is 1. The molecule has 1 aromatic heterocycles. The standard InChI is InChI=1S/C16H19F2N3/c1-2-21-15(19)14(12-9-11(17)7-8-13(12)18)20-16(21)10-5-3-4-6-10/h7-10H,2-6,19H2,1H3. The summed E-state index contributed by atoms with van der Waals surface area (Å²) in [5, 5.41) is 0. The first-order chi connectivity index (χ1) is 10.1. The van der Waals surface area contributed by atoms with E-state index >= 15 is 0 Å². The number of halogens is 2. The highest BCUT2D eigenvalue weighted by Crippen LogP contribution is 2.38. The molecule has 1 heterocycles. The summed E-state index contributed by atoms with van der Waals surface area (Å²) in [6, 6.07) is 3.38. The van der Waals surface area contributed by atoms with Gasteiger partial charge in [0.1, 0.15) is 29.0 Å². The van der Waals surface area contributed by atoms with Crippen molar-refractivity contribution in [3.8, 4) is 11.3 Å². The van der Waals surface area contributed by atoms with Crippen molar-refractivity contribution in [1.29, 1.82) is 0 Å². The predicted molar refractivity (Wildman–Crippen MR) is 78.9 cm³/mol. The maximum atomic E-state index is 14.0. The third kappa shape index (κ3) is 2.41. The van der Waals surface area contributed by atoms with Gasteiger partial charge in [-0.2, -0.15) is 0 Å². The largest absolute Gasteiger partial charge is 0.383 e. The second-order valence-electron chi connectivity index (χ2n) is 5.55. The van der Waals surface area contributed by atoms with E-state index in [0.29, 0.717) is 24.0 Å². The van der Waals surface area contributed by atoms with Crippen LogP contribution >= 0.6 is 0 Å². The minimum Gasteiger partial charge on any atom is -0.383 e. The minimum atomic E-state index is -0.498. The monoisotopic (exact) mass is 291 g/mol. The molecule has 1 aliphatic carbocycles. The third-order valence-corrected chi connectivity index (χ3v) is 4.26. The highest BCUT2D eigenvalue weighted by molar-refractivity contribution is 5.71. The van der Waals surface area contributed by atoms with E-state index in [1.54, 1.807) is 0 Å². The van der Waals surface area contributed by atoms with Gasteiger partial charge in [-0.3, -0.25) is 0 Å². The first-order valence-electron chi connectivity index (χ1n) is 7.43. The number of imidazole rings is 1. The highest BCUT2D eigenvalue weighted by Gasteiger charge is 2.26. The van der Waals surface area contributed by atoms with Crippen molar-refractivity contribution in [2.24, 2.45) is 0 Å². The van der Waals surface area contributed by atoms with E-state index in [-0.39, 0.29) is 5.56 Å². The molecule has 0 saturated heterocycles. The lowest BCUT2D eigenvalue weighted by Crippen LogP contribution is -2.08. The topological polar surface area (TPSA) is 43.8 Å². The third-order valence-electron chi connectivity index (χ3n) is 4.26. The Kier molecular flexibility index (Phi) is 3.66. The summed E-state index contributed by atoms with van der Waals surface area (Å²) < 4.78 is 29.3. The first kappa shape index (κ1) is 14.0. The number of nitrogens with zero attached hydrogens (tertiary/aromatic N) is 2. The molecule has 1 aliphatic rings. The van der Waals surface area contributed by atoms with Crippen LogP contribution in [0.3, 0.4) is 0 Å². The number of aromatic nitrogens is 2. The zero-order valence-corrected chi connectivity index (χ0v) is 12.1. The molecule has 1 aromatic carbocycles. The number of anilines is 1. The average molecular weight is 291 g/mol. The lowest BCUT2D eigenvalue weighted by molar-refractivity contribution is 0.601. The molecule has 0 radical (unpaired) electrons. The molecule has 0 bridgehead atoms. The van der Waals surface area contributed by atoms with Crippen LogP contribution in [0.1, 0.15) is 44.3 Å². The van der Waals surface area contributed by atoms with Crippen LogP contribution in [0.15, 0.2) is 18.2 Å². The molecular formula is C16H19F2N3. The maximum absolute atomic E-state index is 14.0. The molecular weight excluding hydrogens is 272 g/mol. The molecule has 5 heteroatoms. The molecule has 2 N–H and O–H groups in total. The van der Waals surface area contributed by atoms with E-state index < -0.39 is 11.6 Å². The SMILES string of the molecule is CCn1c(C2CCCC2)nc(-c2cc(F)ccc2F)c1N. The Morgan fingerprint density at radius 1 is 1.29 bits per heavy atom. The Morgan fingerprint density at radius 2 is 2.00 bits per heavy atom. The van der Waals surface area contributed by atoms with Crippen molar-refractivity contribution < 1.29 is 8.78 Å². The molecule has 1 fully saturated rings. The Labute approximate surface area is 122 Å². The number of hydrogen-bond donors (Lipinski definition) is 1. The van der Waals surface area contributed by atoms with Crippen molar-refractivity contribution in [3.63, 3.8) is 0 Å². The fraction of sp³-hybridized carbons (Fsp3) is 0.438. The quantitative estimate of drug-likeness (QED) is 0.925. The summed E-state index contributed by atoms with van der Waals surface area (Å²) in [6.07, 6.45) is 4.54. The van der Waals surface area contributed by atoms with E-state index in [4.69, 9.17) is 5.73 Å². The maximum Gasteiger partial charge on any atom is 0.132 e. The van der Waals surface area contributed by atoms with Gasteiger partial charge in [0.25, 0.3) is 0 Å². The van der Waals surface area contributed by atoms with Crippen LogP contribution in [0.25, 0.3) is 11.3 Å². The van der Waals surface area contributed by atoms with E-state index in [1.807, 2.05) is 11.5 Å². The van der Waals surface area contributed by atoms with E-state index in [9.17, 15) is 8.78 Å². The summed E-state index contributed by atoms with van der Waals surface area (Å²) in [6.45, 7) is 2.67. The van der Waals surface area contributed by atoms with Crippen LogP contribution in [0, 0.1) is 11.6 Å². The van der Waals surface area contributed by atoms with Crippen LogP contribution in [-0.2, 0) is 6.54 Å². The number of rotatable bonds is 3. The zero-order chi connectivity index (χ0) is 15.0. The molecule has 3 rings (SSSR count). The van der Waals surface area contributed by atoms with Gasteiger partial charge in [-0.05, 0) is 38.0 Å². The van der Waals surface area contributed by atoms with Gasteiger partial charge in [0, 0.05) is 18.0 Å². The van der Waals surface area contributed by atoms with Crippen molar-refractivity contribution in [2.75, 3.05) is 5.73 Å². The predicted octanol–water partition coefficient (Wildman–Crippen LogP) is 4.09. The van der Waals surface area contributed by atoms with Crippen LogP contribution in [-0.4, -0.2) is 9.55 Å². The van der Waals surface area contributed by atoms with Crippen LogP contribution in [0.4, 0.5) is 14.6 Å². The molecule has 2 aromatic rings. The van der Waals surface area contributed by atoms with Crippen molar-refractivity contribution in [1.82, 2.24) is 9.55 Å². The fourth-order valence-electron chi connectivity index (χ4n) is 3.19. The van der Waals surface area contributed by atoms with Crippen LogP contribution in [0.5, 0.6) is 0 Å². The number of hydrogen-bond acceptors (Lipinski definition) is 2. The minimum absolute atomic E-state index is 0.138. The van der Waals surface area contributed by atoms with Gasteiger partial charge in [0.15, 0.2) is 0 Å². The average Bonchev–Trinajstić information content (AvgIpc) is 3.09. The van der Waals surface area contributed by atoms with Gasteiger partial charge >= 0.3 is 0 Å². The lowest BCUT2D eigenvalue weighted by Gasteiger charge is -2.11. The normalized spacial score (nSPS) is 15.8. The van der Waals surface area contributed by atoms with Gasteiger partial charge in [0.05, 0.1) is 0 Å². The highest BCUT2D eigenvalue weighted by atomic mass is 19.1. The first-order valence-corrected chi connectivity index (χ1v) is 7.43. The van der Waals surface area contributed by atoms with Gasteiger partial charge in [-0.1, -0.05) is 12.8 Å². The molecule has 3 nitrogen and oxygen atoms in total. The number of nitrogen functional groups attached to an aromatic ring is 1. The van der Waals surface area contributed by atoms with Crippen molar-refractivity contribution >= 4 is 5.82 Å². The zero-order valence-electron chi connectivity index (χ0n) is 12.1. The molecule has 21 heavy (non-hydrogen) atoms. The second-order valence-corrected chi connectivity index (χ2v) is 5.55. The van der Waals surface area contributed by atoms with Crippen molar-refractivity contribution in [3.05, 3.63) is 35.7 Å². The summed E-state index contributed by atoms with van der Waals surface area (Å²) in [5.74, 6) is 0.716.